The molecule has 0 aliphatic carbocycles. The molecule has 0 saturated heterocycles. The fourth-order valence-corrected chi connectivity index (χ4v) is 0.879. The molecule has 1 nitrogen and oxygen atoms in total. The van der Waals surface area contributed by atoms with Gasteiger partial charge in [0.1, 0.15) is 4.99 Å². The molecule has 0 aromatic rings. The second kappa shape index (κ2) is 2.18. The van der Waals surface area contributed by atoms with Crippen LogP contribution in [0.2, 0.25) is 0 Å². The topological polar surface area (TPSA) is 12.4 Å². The predicted molar refractivity (Wildman–Crippen MR) is 39.5 cm³/mol. The van der Waals surface area contributed by atoms with Crippen LogP contribution < -0.4 is 0 Å². The maximum Gasteiger partial charge on any atom is 0.107 e. The number of allylic oxidation sites excluding steroid dienone is 1. The number of hydrogen-bond donors (Lipinski definition) is 0. The predicted octanol–water partition coefficient (Wildman–Crippen LogP) is 1.73. The van der Waals surface area contributed by atoms with Crippen LogP contribution in [0.5, 0.6) is 0 Å². The molecule has 1 rings (SSSR count). The minimum atomic E-state index is 0.796. The summed E-state index contributed by atoms with van der Waals surface area (Å²) in [7, 11) is 0. The van der Waals surface area contributed by atoms with E-state index in [9.17, 15) is 0 Å². The lowest BCUT2D eigenvalue weighted by atomic mass is 10.2. The smallest absolute Gasteiger partial charge is 0.107 e. The van der Waals surface area contributed by atoms with E-state index in [0.717, 1.165) is 11.4 Å². The molecule has 2 heteroatoms. The number of rotatable bonds is 0. The van der Waals surface area contributed by atoms with Gasteiger partial charge in [0.25, 0.3) is 0 Å². The van der Waals surface area contributed by atoms with Crippen molar-refractivity contribution in [3.8, 4) is 0 Å². The molecule has 1 aliphatic rings. The highest BCUT2D eigenvalue weighted by molar-refractivity contribution is 7.80. The van der Waals surface area contributed by atoms with Gasteiger partial charge >= 0.3 is 0 Å². The van der Waals surface area contributed by atoms with E-state index >= 15 is 0 Å². The Hall–Kier alpha value is -0.500. The summed E-state index contributed by atoms with van der Waals surface area (Å²) < 4.78 is 0. The van der Waals surface area contributed by atoms with Gasteiger partial charge in [-0.15, -0.1) is 0 Å². The Labute approximate surface area is 54.1 Å². The summed E-state index contributed by atoms with van der Waals surface area (Å²) in [6, 6.07) is 0. The zero-order valence-corrected chi connectivity index (χ0v) is 5.53. The first-order valence-corrected chi connectivity index (χ1v) is 2.92. The van der Waals surface area contributed by atoms with Gasteiger partial charge in [0.2, 0.25) is 0 Å². The zero-order chi connectivity index (χ0) is 5.98. The van der Waals surface area contributed by atoms with Crippen molar-refractivity contribution in [3.63, 3.8) is 0 Å². The summed E-state index contributed by atoms with van der Waals surface area (Å²) in [6.07, 6.45) is 4.60. The highest BCUT2D eigenvalue weighted by Crippen LogP contribution is 2.05. The van der Waals surface area contributed by atoms with Crippen LogP contribution in [0.4, 0.5) is 0 Å². The first kappa shape index (κ1) is 5.63. The molecule has 8 heavy (non-hydrogen) atoms. The van der Waals surface area contributed by atoms with Crippen LogP contribution >= 0.6 is 12.2 Å². The van der Waals surface area contributed by atoms with E-state index in [-0.39, 0.29) is 0 Å². The Morgan fingerprint density at radius 1 is 1.75 bits per heavy atom. The summed E-state index contributed by atoms with van der Waals surface area (Å²) in [4.78, 5) is 4.71. The molecule has 1 aliphatic heterocycles. The van der Waals surface area contributed by atoms with E-state index in [4.69, 9.17) is 12.2 Å². The van der Waals surface area contributed by atoms with E-state index in [1.807, 2.05) is 6.08 Å². The fraction of sp³-hybridized carbons (Fsp3) is 0.333. The average molecular weight is 125 g/mol. The Bertz CT molecular complexity index is 167. The molecule has 0 aromatic heterocycles. The second-order valence-corrected chi connectivity index (χ2v) is 2.33. The molecule has 0 fully saturated rings. The maximum atomic E-state index is 4.84. The molecule has 0 spiro atoms. The SMILES string of the molecule is CC1=CC=NC(=S)C1. The van der Waals surface area contributed by atoms with Gasteiger partial charge in [-0.25, -0.2) is 4.99 Å². The van der Waals surface area contributed by atoms with Crippen molar-refractivity contribution < 1.29 is 0 Å². The number of dihydropyridines is 1. The Kier molecular flexibility index (Phi) is 1.53. The van der Waals surface area contributed by atoms with Gasteiger partial charge in [-0.05, 0) is 13.0 Å². The third-order valence-electron chi connectivity index (χ3n) is 1.01. The summed E-state index contributed by atoms with van der Waals surface area (Å²) >= 11 is 4.84. The Morgan fingerprint density at radius 3 is 2.88 bits per heavy atom. The molecular formula is C6H7NS. The molecule has 0 atom stereocenters. The van der Waals surface area contributed by atoms with Crippen molar-refractivity contribution >= 4 is 23.4 Å². The van der Waals surface area contributed by atoms with E-state index < -0.39 is 0 Å². The van der Waals surface area contributed by atoms with Gasteiger partial charge in [-0.1, -0.05) is 17.8 Å². The minimum Gasteiger partial charge on any atom is -0.249 e. The van der Waals surface area contributed by atoms with Crippen LogP contribution in [0, 0.1) is 0 Å². The molecule has 0 unspecified atom stereocenters. The molecule has 1 heterocycles. The third kappa shape index (κ3) is 1.23. The highest BCUT2D eigenvalue weighted by Gasteiger charge is 1.97. The monoisotopic (exact) mass is 125 g/mol. The molecule has 0 radical (unpaired) electrons. The van der Waals surface area contributed by atoms with Crippen molar-refractivity contribution in [2.45, 2.75) is 13.3 Å². The molecule has 0 aromatic carbocycles. The van der Waals surface area contributed by atoms with Gasteiger partial charge in [-0.3, -0.25) is 0 Å². The van der Waals surface area contributed by atoms with Crippen LogP contribution in [-0.2, 0) is 0 Å². The van der Waals surface area contributed by atoms with E-state index in [2.05, 4.69) is 11.9 Å². The minimum absolute atomic E-state index is 0.796. The second-order valence-electron chi connectivity index (χ2n) is 1.86. The summed E-state index contributed by atoms with van der Waals surface area (Å²) in [5, 5.41) is 0. The number of aliphatic imine (C=N–C) groups is 1. The van der Waals surface area contributed by atoms with Gasteiger partial charge in [0.15, 0.2) is 0 Å². The normalized spacial score (nSPS) is 18.6. The average Bonchev–Trinajstić information content (AvgIpc) is 1.64. The van der Waals surface area contributed by atoms with Crippen molar-refractivity contribution in [2.24, 2.45) is 4.99 Å². The Morgan fingerprint density at radius 2 is 2.50 bits per heavy atom. The summed E-state index contributed by atoms with van der Waals surface area (Å²) in [5.74, 6) is 0. The molecule has 0 N–H and O–H groups in total. The van der Waals surface area contributed by atoms with E-state index in [1.165, 1.54) is 5.57 Å². The quantitative estimate of drug-likeness (QED) is 0.449. The van der Waals surface area contributed by atoms with Crippen LogP contribution in [0.15, 0.2) is 16.6 Å². The first-order valence-electron chi connectivity index (χ1n) is 2.52. The first-order chi connectivity index (χ1) is 3.79. The lowest BCUT2D eigenvalue weighted by Crippen LogP contribution is -1.96. The standard InChI is InChI=1S/C6H7NS/c1-5-2-3-7-6(8)4-5/h2-3H,4H2,1H3. The summed E-state index contributed by atoms with van der Waals surface area (Å²) in [5.41, 5.74) is 1.30. The number of thiocarbonyl (C=S) groups is 1. The lowest BCUT2D eigenvalue weighted by Gasteiger charge is -2.00. The maximum absolute atomic E-state index is 4.84. The van der Waals surface area contributed by atoms with Gasteiger partial charge in [-0.2, -0.15) is 0 Å². The van der Waals surface area contributed by atoms with Gasteiger partial charge < -0.3 is 0 Å². The molecule has 0 saturated carbocycles. The van der Waals surface area contributed by atoms with E-state index in [0.29, 0.717) is 0 Å². The van der Waals surface area contributed by atoms with Crippen molar-refractivity contribution in [1.82, 2.24) is 0 Å². The Balaban J connectivity index is 2.73. The number of hydrogen-bond acceptors (Lipinski definition) is 1. The van der Waals surface area contributed by atoms with Crippen LogP contribution in [-0.4, -0.2) is 11.2 Å². The van der Waals surface area contributed by atoms with Crippen LogP contribution in [0.3, 0.4) is 0 Å². The zero-order valence-electron chi connectivity index (χ0n) is 4.72. The van der Waals surface area contributed by atoms with Crippen molar-refractivity contribution in [2.75, 3.05) is 0 Å². The van der Waals surface area contributed by atoms with Gasteiger partial charge in [0, 0.05) is 12.6 Å². The molecule has 0 bridgehead atoms. The number of nitrogens with zero attached hydrogens (tertiary/aromatic N) is 1. The van der Waals surface area contributed by atoms with Crippen LogP contribution in [0.1, 0.15) is 13.3 Å². The fourth-order valence-electron chi connectivity index (χ4n) is 0.591. The molecular weight excluding hydrogens is 118 g/mol. The molecule has 42 valence electrons. The van der Waals surface area contributed by atoms with Crippen molar-refractivity contribution in [1.29, 1.82) is 0 Å². The lowest BCUT2D eigenvalue weighted by molar-refractivity contribution is 1.26. The largest absolute Gasteiger partial charge is 0.249 e. The molecule has 0 amide bonds. The van der Waals surface area contributed by atoms with Crippen LogP contribution in [0.25, 0.3) is 0 Å². The third-order valence-corrected chi connectivity index (χ3v) is 1.26. The van der Waals surface area contributed by atoms with Gasteiger partial charge in [0.05, 0.1) is 0 Å². The highest BCUT2D eigenvalue weighted by atomic mass is 32.1. The summed E-state index contributed by atoms with van der Waals surface area (Å²) in [6.45, 7) is 2.05. The van der Waals surface area contributed by atoms with E-state index in [1.54, 1.807) is 6.21 Å². The van der Waals surface area contributed by atoms with Crippen molar-refractivity contribution in [3.05, 3.63) is 11.6 Å².